The van der Waals surface area contributed by atoms with Crippen molar-refractivity contribution >= 4 is 5.91 Å². The van der Waals surface area contributed by atoms with Gasteiger partial charge in [0.25, 0.3) is 0 Å². The zero-order chi connectivity index (χ0) is 11.1. The van der Waals surface area contributed by atoms with Gasteiger partial charge in [-0.2, -0.15) is 0 Å². The highest BCUT2D eigenvalue weighted by Gasteiger charge is 2.24. The Hall–Kier alpha value is -0.610. The first-order chi connectivity index (χ1) is 7.29. The van der Waals surface area contributed by atoms with Gasteiger partial charge in [-0.15, -0.1) is 0 Å². The minimum Gasteiger partial charge on any atom is -0.394 e. The normalized spacial score (nSPS) is 22.5. The minimum absolute atomic E-state index is 0.000422. The van der Waals surface area contributed by atoms with Crippen molar-refractivity contribution in [2.75, 3.05) is 26.4 Å². The van der Waals surface area contributed by atoms with E-state index in [0.29, 0.717) is 6.61 Å². The van der Waals surface area contributed by atoms with Crippen LogP contribution in [0.4, 0.5) is 0 Å². The fourth-order valence-corrected chi connectivity index (χ4v) is 1.97. The van der Waals surface area contributed by atoms with Gasteiger partial charge in [-0.3, -0.25) is 4.79 Å². The summed E-state index contributed by atoms with van der Waals surface area (Å²) in [5, 5.41) is 9.23. The number of carbonyl (C=O) groups excluding carboxylic acids is 1. The van der Waals surface area contributed by atoms with Crippen molar-refractivity contribution in [3.63, 3.8) is 0 Å². The van der Waals surface area contributed by atoms with E-state index in [1.807, 2.05) is 6.92 Å². The van der Waals surface area contributed by atoms with Crippen LogP contribution in [0, 0.1) is 0 Å². The Morgan fingerprint density at radius 2 is 2.27 bits per heavy atom. The lowest BCUT2D eigenvalue weighted by Crippen LogP contribution is -2.43. The number of ether oxygens (including phenoxy) is 1. The summed E-state index contributed by atoms with van der Waals surface area (Å²) in [4.78, 5) is 13.5. The van der Waals surface area contributed by atoms with E-state index in [0.717, 1.165) is 32.2 Å². The largest absolute Gasteiger partial charge is 0.394 e. The predicted molar refractivity (Wildman–Crippen MR) is 57.5 cm³/mol. The van der Waals surface area contributed by atoms with E-state index >= 15 is 0 Å². The highest BCUT2D eigenvalue weighted by molar-refractivity contribution is 5.77. The Kier molecular flexibility index (Phi) is 5.65. The molecule has 0 saturated carbocycles. The first-order valence-corrected chi connectivity index (χ1v) is 5.77. The van der Waals surface area contributed by atoms with Crippen molar-refractivity contribution in [3.05, 3.63) is 0 Å². The molecule has 0 spiro atoms. The first kappa shape index (κ1) is 12.5. The van der Waals surface area contributed by atoms with Crippen molar-refractivity contribution in [1.82, 2.24) is 4.90 Å². The van der Waals surface area contributed by atoms with Gasteiger partial charge in [-0.1, -0.05) is 12.8 Å². The van der Waals surface area contributed by atoms with Gasteiger partial charge < -0.3 is 14.7 Å². The number of amides is 1. The monoisotopic (exact) mass is 215 g/mol. The second-order valence-electron chi connectivity index (χ2n) is 3.91. The van der Waals surface area contributed by atoms with E-state index < -0.39 is 0 Å². The second-order valence-corrected chi connectivity index (χ2v) is 3.91. The number of aliphatic hydroxyl groups is 1. The molecule has 1 rings (SSSR count). The van der Waals surface area contributed by atoms with Crippen molar-refractivity contribution in [2.24, 2.45) is 0 Å². The molecule has 1 atom stereocenters. The summed E-state index contributed by atoms with van der Waals surface area (Å²) in [5.41, 5.74) is 0. The van der Waals surface area contributed by atoms with E-state index in [1.165, 1.54) is 0 Å². The number of nitrogens with zero attached hydrogens (tertiary/aromatic N) is 1. The quantitative estimate of drug-likeness (QED) is 0.754. The summed E-state index contributed by atoms with van der Waals surface area (Å²) in [6.07, 6.45) is 4.20. The minimum atomic E-state index is 0.000422. The molecular formula is C11H21NO3. The van der Waals surface area contributed by atoms with Crippen LogP contribution in [0.3, 0.4) is 0 Å². The molecule has 1 aliphatic rings. The van der Waals surface area contributed by atoms with Gasteiger partial charge in [0.2, 0.25) is 5.91 Å². The van der Waals surface area contributed by atoms with Crippen LogP contribution in [0.15, 0.2) is 0 Å². The summed E-state index contributed by atoms with van der Waals surface area (Å²) in [6.45, 7) is 3.41. The van der Waals surface area contributed by atoms with E-state index in [4.69, 9.17) is 4.74 Å². The van der Waals surface area contributed by atoms with Gasteiger partial charge in [0, 0.05) is 13.2 Å². The molecule has 88 valence electrons. The molecule has 1 amide bonds. The Balaban J connectivity index is 2.49. The number of aliphatic hydroxyl groups excluding tert-OH is 1. The molecule has 1 unspecified atom stereocenters. The SMILES string of the molecule is CCOCC(=O)N1CCCCCC1CO. The van der Waals surface area contributed by atoms with E-state index in [9.17, 15) is 9.90 Å². The smallest absolute Gasteiger partial charge is 0.248 e. The van der Waals surface area contributed by atoms with Gasteiger partial charge in [0.05, 0.1) is 12.6 Å². The summed E-state index contributed by atoms with van der Waals surface area (Å²) in [6, 6.07) is 0.000422. The molecule has 1 fully saturated rings. The molecule has 0 aromatic carbocycles. The molecule has 4 nitrogen and oxygen atoms in total. The van der Waals surface area contributed by atoms with Crippen LogP contribution in [-0.2, 0) is 9.53 Å². The van der Waals surface area contributed by atoms with Crippen LogP contribution in [0.25, 0.3) is 0 Å². The number of rotatable bonds is 4. The number of hydrogen-bond acceptors (Lipinski definition) is 3. The topological polar surface area (TPSA) is 49.8 Å². The number of hydrogen-bond donors (Lipinski definition) is 1. The third-order valence-corrected chi connectivity index (χ3v) is 2.84. The zero-order valence-corrected chi connectivity index (χ0v) is 9.45. The highest BCUT2D eigenvalue weighted by Crippen LogP contribution is 2.16. The molecule has 4 heteroatoms. The molecule has 0 aliphatic carbocycles. The van der Waals surface area contributed by atoms with Crippen LogP contribution in [-0.4, -0.2) is 48.3 Å². The lowest BCUT2D eigenvalue weighted by Gasteiger charge is -2.28. The Labute approximate surface area is 91.2 Å². The fraction of sp³-hybridized carbons (Fsp3) is 0.909. The van der Waals surface area contributed by atoms with Crippen LogP contribution < -0.4 is 0 Å². The predicted octanol–water partition coefficient (Wildman–Crippen LogP) is 0.786. The maximum absolute atomic E-state index is 11.8. The first-order valence-electron chi connectivity index (χ1n) is 5.77. The second kappa shape index (κ2) is 6.80. The maximum atomic E-state index is 11.8. The summed E-state index contributed by atoms with van der Waals surface area (Å²) >= 11 is 0. The number of likely N-dealkylation sites (tertiary alicyclic amines) is 1. The Morgan fingerprint density at radius 3 is 2.93 bits per heavy atom. The van der Waals surface area contributed by atoms with E-state index in [1.54, 1.807) is 4.90 Å². The van der Waals surface area contributed by atoms with Gasteiger partial charge in [-0.05, 0) is 19.8 Å². The third kappa shape index (κ3) is 3.80. The average molecular weight is 215 g/mol. The fourth-order valence-electron chi connectivity index (χ4n) is 1.97. The molecule has 1 saturated heterocycles. The molecule has 0 aromatic rings. The van der Waals surface area contributed by atoms with Crippen LogP contribution in [0.1, 0.15) is 32.6 Å². The molecular weight excluding hydrogens is 194 g/mol. The van der Waals surface area contributed by atoms with Gasteiger partial charge in [-0.25, -0.2) is 0 Å². The van der Waals surface area contributed by atoms with Crippen LogP contribution >= 0.6 is 0 Å². The van der Waals surface area contributed by atoms with E-state index in [-0.39, 0.29) is 25.2 Å². The Bertz CT molecular complexity index is 196. The highest BCUT2D eigenvalue weighted by atomic mass is 16.5. The molecule has 0 aromatic heterocycles. The number of carbonyl (C=O) groups is 1. The average Bonchev–Trinajstić information content (AvgIpc) is 2.50. The maximum Gasteiger partial charge on any atom is 0.248 e. The Morgan fingerprint density at radius 1 is 1.47 bits per heavy atom. The summed E-state index contributed by atoms with van der Waals surface area (Å²) in [5.74, 6) is 0.0119. The lowest BCUT2D eigenvalue weighted by molar-refractivity contribution is -0.139. The molecule has 15 heavy (non-hydrogen) atoms. The van der Waals surface area contributed by atoms with Crippen molar-refractivity contribution in [3.8, 4) is 0 Å². The van der Waals surface area contributed by atoms with Crippen LogP contribution in [0.2, 0.25) is 0 Å². The molecule has 0 radical (unpaired) electrons. The molecule has 1 N–H and O–H groups in total. The van der Waals surface area contributed by atoms with Gasteiger partial charge >= 0.3 is 0 Å². The lowest BCUT2D eigenvalue weighted by atomic mass is 10.1. The molecule has 0 bridgehead atoms. The third-order valence-electron chi connectivity index (χ3n) is 2.84. The van der Waals surface area contributed by atoms with Crippen molar-refractivity contribution in [2.45, 2.75) is 38.6 Å². The zero-order valence-electron chi connectivity index (χ0n) is 9.45. The summed E-state index contributed by atoms with van der Waals surface area (Å²) < 4.78 is 5.11. The standard InChI is InChI=1S/C11H21NO3/c1-2-15-9-11(14)12-7-5-3-4-6-10(12)8-13/h10,13H,2-9H2,1H3. The van der Waals surface area contributed by atoms with Crippen LogP contribution in [0.5, 0.6) is 0 Å². The van der Waals surface area contributed by atoms with Gasteiger partial charge in [0.15, 0.2) is 0 Å². The van der Waals surface area contributed by atoms with E-state index in [2.05, 4.69) is 0 Å². The molecule has 1 heterocycles. The van der Waals surface area contributed by atoms with Crippen molar-refractivity contribution < 1.29 is 14.6 Å². The van der Waals surface area contributed by atoms with Crippen molar-refractivity contribution in [1.29, 1.82) is 0 Å². The molecule has 1 aliphatic heterocycles. The summed E-state index contributed by atoms with van der Waals surface area (Å²) in [7, 11) is 0. The van der Waals surface area contributed by atoms with Gasteiger partial charge in [0.1, 0.15) is 6.61 Å².